The highest BCUT2D eigenvalue weighted by Gasteiger charge is 2.46. The van der Waals surface area contributed by atoms with Crippen molar-refractivity contribution >= 4 is 0 Å². The molecule has 120 valence electrons. The smallest absolute Gasteiger partial charge is 0.126 e. The molecule has 22 heavy (non-hydrogen) atoms. The van der Waals surface area contributed by atoms with E-state index in [1.165, 1.54) is 11.1 Å². The van der Waals surface area contributed by atoms with E-state index in [2.05, 4.69) is 31.9 Å². The molecule has 3 heteroatoms. The summed E-state index contributed by atoms with van der Waals surface area (Å²) in [6.45, 7) is 17.2. The minimum atomic E-state index is -0.599. The van der Waals surface area contributed by atoms with Gasteiger partial charge >= 0.3 is 0 Å². The zero-order chi connectivity index (χ0) is 16.5. The SMILES string of the molecule is C=CCN(CC=C)C1C(O)c2cc(C)c(C)cc2OC1(C)C. The Bertz CT molecular complexity index is 567. The third-order valence-electron chi connectivity index (χ3n) is 4.45. The lowest BCUT2D eigenvalue weighted by atomic mass is 9.83. The van der Waals surface area contributed by atoms with E-state index in [9.17, 15) is 5.11 Å². The minimum Gasteiger partial charge on any atom is -0.486 e. The molecule has 1 heterocycles. The normalized spacial score (nSPS) is 22.8. The number of aryl methyl sites for hydroxylation is 2. The van der Waals surface area contributed by atoms with Crippen molar-refractivity contribution in [2.45, 2.75) is 45.4 Å². The number of fused-ring (bicyclic) bond motifs is 1. The molecule has 0 aromatic heterocycles. The maximum atomic E-state index is 11.0. The fourth-order valence-electron chi connectivity index (χ4n) is 3.30. The Balaban J connectivity index is 2.48. The van der Waals surface area contributed by atoms with Crippen molar-refractivity contribution in [1.29, 1.82) is 0 Å². The summed E-state index contributed by atoms with van der Waals surface area (Å²) in [4.78, 5) is 2.16. The second-order valence-electron chi connectivity index (χ2n) is 6.60. The lowest BCUT2D eigenvalue weighted by Crippen LogP contribution is -2.58. The summed E-state index contributed by atoms with van der Waals surface area (Å²) in [6, 6.07) is 3.91. The Hall–Kier alpha value is -1.58. The monoisotopic (exact) mass is 301 g/mol. The Morgan fingerprint density at radius 1 is 1.18 bits per heavy atom. The predicted molar refractivity (Wildman–Crippen MR) is 91.3 cm³/mol. The first-order valence-electron chi connectivity index (χ1n) is 7.76. The van der Waals surface area contributed by atoms with Gasteiger partial charge in [0.2, 0.25) is 0 Å². The van der Waals surface area contributed by atoms with Crippen LogP contribution in [0, 0.1) is 13.8 Å². The van der Waals surface area contributed by atoms with E-state index < -0.39 is 11.7 Å². The zero-order valence-corrected chi connectivity index (χ0v) is 14.1. The van der Waals surface area contributed by atoms with Crippen LogP contribution in [0.5, 0.6) is 5.75 Å². The summed E-state index contributed by atoms with van der Waals surface area (Å²) >= 11 is 0. The van der Waals surface area contributed by atoms with Gasteiger partial charge in [-0.2, -0.15) is 0 Å². The third-order valence-corrected chi connectivity index (χ3v) is 4.45. The third kappa shape index (κ3) is 2.96. The number of hydrogen-bond acceptors (Lipinski definition) is 3. The van der Waals surface area contributed by atoms with Crippen molar-refractivity contribution in [3.63, 3.8) is 0 Å². The maximum absolute atomic E-state index is 11.0. The average Bonchev–Trinajstić information content (AvgIpc) is 2.41. The number of benzene rings is 1. The molecule has 1 aromatic rings. The predicted octanol–water partition coefficient (Wildman–Crippen LogP) is 3.55. The Labute approximate surface area is 133 Å². The van der Waals surface area contributed by atoms with E-state index in [1.54, 1.807) is 0 Å². The lowest BCUT2D eigenvalue weighted by molar-refractivity contribution is -0.0761. The van der Waals surface area contributed by atoms with Gasteiger partial charge in [-0.15, -0.1) is 13.2 Å². The largest absolute Gasteiger partial charge is 0.486 e. The van der Waals surface area contributed by atoms with Gasteiger partial charge in [-0.3, -0.25) is 4.90 Å². The van der Waals surface area contributed by atoms with Crippen LogP contribution in [-0.2, 0) is 0 Å². The first kappa shape index (κ1) is 16.8. The molecule has 1 aliphatic rings. The molecule has 1 aliphatic heterocycles. The second-order valence-corrected chi connectivity index (χ2v) is 6.60. The molecule has 2 unspecified atom stereocenters. The summed E-state index contributed by atoms with van der Waals surface area (Å²) in [5.41, 5.74) is 2.71. The van der Waals surface area contributed by atoms with Crippen LogP contribution in [0.1, 0.15) is 36.6 Å². The lowest BCUT2D eigenvalue weighted by Gasteiger charge is -2.48. The molecule has 2 rings (SSSR count). The van der Waals surface area contributed by atoms with Gasteiger partial charge in [0.05, 0.1) is 6.04 Å². The van der Waals surface area contributed by atoms with Crippen molar-refractivity contribution in [3.8, 4) is 5.75 Å². The van der Waals surface area contributed by atoms with Crippen LogP contribution in [0.4, 0.5) is 0 Å². The number of ether oxygens (including phenoxy) is 1. The van der Waals surface area contributed by atoms with Gasteiger partial charge in [-0.1, -0.05) is 12.2 Å². The molecule has 0 bridgehead atoms. The van der Waals surface area contributed by atoms with E-state index in [0.717, 1.165) is 11.3 Å². The zero-order valence-electron chi connectivity index (χ0n) is 14.1. The quantitative estimate of drug-likeness (QED) is 0.844. The molecule has 0 saturated carbocycles. The Kier molecular flexibility index (Phi) is 4.78. The summed E-state index contributed by atoms with van der Waals surface area (Å²) in [6.07, 6.45) is 3.10. The summed E-state index contributed by atoms with van der Waals surface area (Å²) < 4.78 is 6.24. The van der Waals surface area contributed by atoms with Crippen molar-refractivity contribution in [2.24, 2.45) is 0 Å². The molecule has 0 radical (unpaired) electrons. The molecular weight excluding hydrogens is 274 g/mol. The highest BCUT2D eigenvalue weighted by Crippen LogP contribution is 2.43. The maximum Gasteiger partial charge on any atom is 0.126 e. The van der Waals surface area contributed by atoms with Gasteiger partial charge in [-0.25, -0.2) is 0 Å². The van der Waals surface area contributed by atoms with Crippen LogP contribution in [0.2, 0.25) is 0 Å². The summed E-state index contributed by atoms with van der Waals surface area (Å²) in [7, 11) is 0. The molecular formula is C19H27NO2. The fraction of sp³-hybridized carbons (Fsp3) is 0.474. The van der Waals surface area contributed by atoms with Crippen molar-refractivity contribution in [3.05, 3.63) is 54.1 Å². The van der Waals surface area contributed by atoms with Crippen molar-refractivity contribution in [2.75, 3.05) is 13.1 Å². The van der Waals surface area contributed by atoms with Crippen LogP contribution in [-0.4, -0.2) is 34.7 Å². The fourth-order valence-corrected chi connectivity index (χ4v) is 3.30. The second kappa shape index (κ2) is 6.27. The van der Waals surface area contributed by atoms with Crippen LogP contribution in [0.15, 0.2) is 37.4 Å². The minimum absolute atomic E-state index is 0.155. The summed E-state index contributed by atoms with van der Waals surface area (Å²) in [5, 5.41) is 11.0. The van der Waals surface area contributed by atoms with E-state index in [0.29, 0.717) is 13.1 Å². The number of nitrogens with zero attached hydrogens (tertiary/aromatic N) is 1. The van der Waals surface area contributed by atoms with E-state index in [-0.39, 0.29) is 6.04 Å². The van der Waals surface area contributed by atoms with Gasteiger partial charge in [-0.05, 0) is 51.0 Å². The standard InChI is InChI=1S/C19H27NO2/c1-7-9-20(10-8-2)18-17(21)15-11-13(3)14(4)12-16(15)22-19(18,5)6/h7-8,11-12,17-18,21H,1-2,9-10H2,3-6H3. The number of aliphatic hydroxyl groups excluding tert-OH is 1. The highest BCUT2D eigenvalue weighted by atomic mass is 16.5. The van der Waals surface area contributed by atoms with Gasteiger partial charge in [0.1, 0.15) is 17.5 Å². The first-order valence-corrected chi connectivity index (χ1v) is 7.76. The van der Waals surface area contributed by atoms with E-state index in [4.69, 9.17) is 4.74 Å². The van der Waals surface area contributed by atoms with Crippen molar-refractivity contribution < 1.29 is 9.84 Å². The molecule has 2 atom stereocenters. The molecule has 1 N–H and O–H groups in total. The number of aliphatic hydroxyl groups is 1. The topological polar surface area (TPSA) is 32.7 Å². The number of hydrogen-bond donors (Lipinski definition) is 1. The number of rotatable bonds is 5. The van der Waals surface area contributed by atoms with E-state index >= 15 is 0 Å². The summed E-state index contributed by atoms with van der Waals surface area (Å²) in [5.74, 6) is 0.786. The van der Waals surface area contributed by atoms with Gasteiger partial charge < -0.3 is 9.84 Å². The van der Waals surface area contributed by atoms with E-state index in [1.807, 2.05) is 38.1 Å². The molecule has 0 saturated heterocycles. The van der Waals surface area contributed by atoms with Crippen LogP contribution in [0.3, 0.4) is 0 Å². The molecule has 3 nitrogen and oxygen atoms in total. The van der Waals surface area contributed by atoms with Gasteiger partial charge in [0, 0.05) is 18.7 Å². The van der Waals surface area contributed by atoms with Crippen molar-refractivity contribution in [1.82, 2.24) is 4.90 Å². The Morgan fingerprint density at radius 2 is 1.73 bits per heavy atom. The molecule has 0 spiro atoms. The molecule has 0 amide bonds. The van der Waals surface area contributed by atoms with Gasteiger partial charge in [0.25, 0.3) is 0 Å². The van der Waals surface area contributed by atoms with Gasteiger partial charge in [0.15, 0.2) is 0 Å². The molecule has 1 aromatic carbocycles. The first-order chi connectivity index (χ1) is 10.3. The van der Waals surface area contributed by atoms with Crippen LogP contribution >= 0.6 is 0 Å². The molecule has 0 aliphatic carbocycles. The average molecular weight is 301 g/mol. The molecule has 0 fully saturated rings. The van der Waals surface area contributed by atoms with Crippen LogP contribution < -0.4 is 4.74 Å². The Morgan fingerprint density at radius 3 is 2.27 bits per heavy atom. The van der Waals surface area contributed by atoms with Crippen LogP contribution in [0.25, 0.3) is 0 Å². The highest BCUT2D eigenvalue weighted by molar-refractivity contribution is 5.46.